The van der Waals surface area contributed by atoms with E-state index in [1.807, 2.05) is 0 Å². The molecule has 0 N–H and O–H groups in total. The Bertz CT molecular complexity index is 754. The Morgan fingerprint density at radius 1 is 1.05 bits per heavy atom. The summed E-state index contributed by atoms with van der Waals surface area (Å²) in [6.45, 7) is 0. The molecule has 2 aromatic rings. The standard InChI is InChI=1S/C15H8ClNO3/c16-10-3-1-9(2-4-10)15-8-13(17-20-15)12-7-11(18)5-6-14(12)19/h1-8H. The number of ketones is 2. The third-order valence-corrected chi connectivity index (χ3v) is 3.12. The van der Waals surface area contributed by atoms with E-state index in [9.17, 15) is 9.59 Å². The largest absolute Gasteiger partial charge is 0.356 e. The number of benzene rings is 1. The molecular formula is C15H8ClNO3. The maximum absolute atomic E-state index is 11.7. The number of hydrogen-bond donors (Lipinski definition) is 0. The Labute approximate surface area is 119 Å². The molecule has 1 heterocycles. The molecule has 0 bridgehead atoms. The van der Waals surface area contributed by atoms with Gasteiger partial charge in [-0.3, -0.25) is 9.59 Å². The summed E-state index contributed by atoms with van der Waals surface area (Å²) in [5, 5.41) is 4.46. The lowest BCUT2D eigenvalue weighted by Gasteiger charge is -2.01. The van der Waals surface area contributed by atoms with Crippen LogP contribution in [0.25, 0.3) is 16.9 Å². The third kappa shape index (κ3) is 2.33. The van der Waals surface area contributed by atoms with Crippen LogP contribution in [0.5, 0.6) is 0 Å². The van der Waals surface area contributed by atoms with Gasteiger partial charge in [-0.25, -0.2) is 0 Å². The molecule has 0 fully saturated rings. The Balaban J connectivity index is 1.96. The van der Waals surface area contributed by atoms with E-state index in [1.54, 1.807) is 30.3 Å². The Morgan fingerprint density at radius 2 is 1.80 bits per heavy atom. The summed E-state index contributed by atoms with van der Waals surface area (Å²) in [7, 11) is 0. The van der Waals surface area contributed by atoms with Crippen molar-refractivity contribution in [2.75, 3.05) is 0 Å². The second kappa shape index (κ2) is 4.90. The molecule has 4 nitrogen and oxygen atoms in total. The van der Waals surface area contributed by atoms with Gasteiger partial charge >= 0.3 is 0 Å². The molecule has 0 amide bonds. The first-order valence-corrected chi connectivity index (χ1v) is 6.22. The highest BCUT2D eigenvalue weighted by molar-refractivity contribution is 6.33. The first-order chi connectivity index (χ1) is 9.63. The highest BCUT2D eigenvalue weighted by atomic mass is 35.5. The summed E-state index contributed by atoms with van der Waals surface area (Å²) in [4.78, 5) is 23.0. The summed E-state index contributed by atoms with van der Waals surface area (Å²) in [5.41, 5.74) is 1.37. The Hall–Kier alpha value is -2.46. The van der Waals surface area contributed by atoms with Crippen molar-refractivity contribution in [2.24, 2.45) is 0 Å². The summed E-state index contributed by atoms with van der Waals surface area (Å²) >= 11 is 5.82. The fraction of sp³-hybridized carbons (Fsp3) is 0. The van der Waals surface area contributed by atoms with E-state index >= 15 is 0 Å². The minimum absolute atomic E-state index is 0.237. The van der Waals surface area contributed by atoms with Crippen molar-refractivity contribution in [2.45, 2.75) is 0 Å². The van der Waals surface area contributed by atoms with E-state index in [-0.39, 0.29) is 17.1 Å². The number of aromatic nitrogens is 1. The van der Waals surface area contributed by atoms with Crippen LogP contribution < -0.4 is 0 Å². The van der Waals surface area contributed by atoms with E-state index in [0.29, 0.717) is 16.5 Å². The average molecular weight is 286 g/mol. The number of hydrogen-bond acceptors (Lipinski definition) is 4. The van der Waals surface area contributed by atoms with Gasteiger partial charge in [-0.15, -0.1) is 0 Å². The lowest BCUT2D eigenvalue weighted by molar-refractivity contribution is -0.113. The van der Waals surface area contributed by atoms with E-state index in [4.69, 9.17) is 16.1 Å². The average Bonchev–Trinajstić information content (AvgIpc) is 2.92. The molecule has 0 aliphatic heterocycles. The normalized spacial score (nSPS) is 14.6. The molecule has 1 aromatic heterocycles. The zero-order chi connectivity index (χ0) is 14.1. The van der Waals surface area contributed by atoms with Gasteiger partial charge in [0.05, 0.1) is 5.57 Å². The third-order valence-electron chi connectivity index (χ3n) is 2.87. The van der Waals surface area contributed by atoms with Crippen LogP contribution in [0.4, 0.5) is 0 Å². The highest BCUT2D eigenvalue weighted by Gasteiger charge is 2.19. The Morgan fingerprint density at radius 3 is 2.55 bits per heavy atom. The van der Waals surface area contributed by atoms with Crippen molar-refractivity contribution in [3.8, 4) is 11.3 Å². The molecule has 1 aliphatic rings. The van der Waals surface area contributed by atoms with Crippen molar-refractivity contribution in [1.82, 2.24) is 5.16 Å². The molecule has 0 saturated carbocycles. The van der Waals surface area contributed by atoms with Crippen LogP contribution in [-0.4, -0.2) is 16.7 Å². The maximum Gasteiger partial charge on any atom is 0.188 e. The minimum atomic E-state index is -0.263. The molecule has 0 saturated heterocycles. The summed E-state index contributed by atoms with van der Waals surface area (Å²) in [6.07, 6.45) is 3.71. The smallest absolute Gasteiger partial charge is 0.188 e. The zero-order valence-electron chi connectivity index (χ0n) is 10.2. The zero-order valence-corrected chi connectivity index (χ0v) is 10.9. The van der Waals surface area contributed by atoms with E-state index in [0.717, 1.165) is 5.56 Å². The molecule has 0 spiro atoms. The lowest BCUT2D eigenvalue weighted by atomic mass is 10.0. The number of allylic oxidation sites excluding steroid dienone is 4. The van der Waals surface area contributed by atoms with E-state index in [1.165, 1.54) is 18.2 Å². The van der Waals surface area contributed by atoms with Gasteiger partial charge in [0.15, 0.2) is 17.3 Å². The first-order valence-electron chi connectivity index (χ1n) is 5.84. The molecule has 5 heteroatoms. The lowest BCUT2D eigenvalue weighted by Crippen LogP contribution is -2.06. The molecule has 98 valence electrons. The van der Waals surface area contributed by atoms with Crippen molar-refractivity contribution in [3.05, 3.63) is 59.3 Å². The van der Waals surface area contributed by atoms with Crippen LogP contribution in [-0.2, 0) is 9.59 Å². The van der Waals surface area contributed by atoms with Gasteiger partial charge in [-0.1, -0.05) is 16.8 Å². The Kier molecular flexibility index (Phi) is 3.08. The number of carbonyl (C=O) groups excluding carboxylic acids is 2. The van der Waals surface area contributed by atoms with Gasteiger partial charge in [0.2, 0.25) is 0 Å². The monoisotopic (exact) mass is 285 g/mol. The molecular weight excluding hydrogens is 278 g/mol. The number of carbonyl (C=O) groups is 2. The van der Waals surface area contributed by atoms with Gasteiger partial charge in [0.1, 0.15) is 5.69 Å². The van der Waals surface area contributed by atoms with Crippen molar-refractivity contribution in [3.63, 3.8) is 0 Å². The molecule has 0 radical (unpaired) electrons. The van der Waals surface area contributed by atoms with Gasteiger partial charge in [0.25, 0.3) is 0 Å². The first kappa shape index (κ1) is 12.6. The molecule has 1 aromatic carbocycles. The van der Waals surface area contributed by atoms with E-state index in [2.05, 4.69) is 5.16 Å². The van der Waals surface area contributed by atoms with E-state index < -0.39 is 0 Å². The quantitative estimate of drug-likeness (QED) is 0.796. The summed E-state index contributed by atoms with van der Waals surface area (Å²) in [5.74, 6) is 0.00330. The molecule has 0 atom stereocenters. The van der Waals surface area contributed by atoms with Crippen LogP contribution in [0.1, 0.15) is 5.69 Å². The predicted octanol–water partition coefficient (Wildman–Crippen LogP) is 3.09. The second-order valence-corrected chi connectivity index (χ2v) is 4.68. The van der Waals surface area contributed by atoms with Crippen LogP contribution in [0.3, 0.4) is 0 Å². The highest BCUT2D eigenvalue weighted by Crippen LogP contribution is 2.26. The second-order valence-electron chi connectivity index (χ2n) is 4.24. The molecule has 0 unspecified atom stereocenters. The van der Waals surface area contributed by atoms with Crippen LogP contribution in [0, 0.1) is 0 Å². The van der Waals surface area contributed by atoms with Gasteiger partial charge in [-0.2, -0.15) is 0 Å². The topological polar surface area (TPSA) is 60.2 Å². The van der Waals surface area contributed by atoms with Crippen molar-refractivity contribution in [1.29, 1.82) is 0 Å². The van der Waals surface area contributed by atoms with Gasteiger partial charge in [-0.05, 0) is 42.5 Å². The fourth-order valence-electron chi connectivity index (χ4n) is 1.86. The van der Waals surface area contributed by atoms with Crippen molar-refractivity contribution < 1.29 is 14.1 Å². The predicted molar refractivity (Wildman–Crippen MR) is 74.1 cm³/mol. The summed E-state index contributed by atoms with van der Waals surface area (Å²) < 4.78 is 5.21. The van der Waals surface area contributed by atoms with Crippen LogP contribution in [0.15, 0.2) is 53.1 Å². The molecule has 3 rings (SSSR count). The van der Waals surface area contributed by atoms with Crippen LogP contribution >= 0.6 is 11.6 Å². The number of rotatable bonds is 2. The van der Waals surface area contributed by atoms with Crippen molar-refractivity contribution >= 4 is 28.7 Å². The van der Waals surface area contributed by atoms with Gasteiger partial charge in [0, 0.05) is 16.7 Å². The SMILES string of the molecule is O=C1C=CC(=O)C(c2cc(-c3ccc(Cl)cc3)on2)=C1. The number of halogens is 1. The number of nitrogens with zero attached hydrogens (tertiary/aromatic N) is 1. The molecule has 20 heavy (non-hydrogen) atoms. The molecule has 1 aliphatic carbocycles. The minimum Gasteiger partial charge on any atom is -0.356 e. The maximum atomic E-state index is 11.7. The fourth-order valence-corrected chi connectivity index (χ4v) is 1.99. The van der Waals surface area contributed by atoms with Gasteiger partial charge < -0.3 is 4.52 Å². The van der Waals surface area contributed by atoms with Crippen LogP contribution in [0.2, 0.25) is 5.02 Å². The summed E-state index contributed by atoms with van der Waals surface area (Å²) in [6, 6.07) is 8.66.